The fourth-order valence-corrected chi connectivity index (χ4v) is 3.11. The van der Waals surface area contributed by atoms with Gasteiger partial charge in [0, 0.05) is 5.92 Å². The van der Waals surface area contributed by atoms with Crippen LogP contribution in [0.3, 0.4) is 0 Å². The summed E-state index contributed by atoms with van der Waals surface area (Å²) in [7, 11) is 0. The third kappa shape index (κ3) is 1.13. The van der Waals surface area contributed by atoms with E-state index in [0.717, 1.165) is 0 Å². The number of carbonyl (C=O) groups excluding carboxylic acids is 2. The molecule has 2 aliphatic heterocycles. The molecule has 0 unspecified atom stereocenters. The number of rotatable bonds is 1. The predicted molar refractivity (Wildman–Crippen MR) is 64.3 cm³/mol. The van der Waals surface area contributed by atoms with E-state index in [2.05, 4.69) is 5.32 Å². The van der Waals surface area contributed by atoms with E-state index in [1.807, 2.05) is 0 Å². The van der Waals surface area contributed by atoms with E-state index in [9.17, 15) is 14.4 Å². The fraction of sp³-hybridized carbons (Fsp3) is 0.308. The molecule has 0 radical (unpaired) electrons. The van der Waals surface area contributed by atoms with Crippen molar-refractivity contribution in [3.05, 3.63) is 34.8 Å². The number of nitrogens with zero attached hydrogens (tertiary/aromatic N) is 1. The number of hydrogen-bond acceptors (Lipinski definition) is 4. The second-order valence-corrected chi connectivity index (χ2v) is 5.13. The molecule has 6 nitrogen and oxygen atoms in total. The fourth-order valence-electron chi connectivity index (χ4n) is 3.11. The number of para-hydroxylation sites is 2. The molecule has 2 bridgehead atoms. The van der Waals surface area contributed by atoms with Crippen molar-refractivity contribution in [2.45, 2.75) is 18.4 Å². The predicted octanol–water partition coefficient (Wildman–Crippen LogP) is 0.356. The summed E-state index contributed by atoms with van der Waals surface area (Å²) < 4.78 is 6.55. The molecule has 1 N–H and O–H groups in total. The minimum absolute atomic E-state index is 0.182. The SMILES string of the molecule is O=C1NC(=O)C2(n3c(=O)oc4ccccc43)CC1C2. The molecule has 3 fully saturated rings. The zero-order chi connectivity index (χ0) is 13.2. The average molecular weight is 258 g/mol. The second-order valence-electron chi connectivity index (χ2n) is 5.13. The monoisotopic (exact) mass is 258 g/mol. The summed E-state index contributed by atoms with van der Waals surface area (Å²) in [6.07, 6.45) is 0.752. The maximum atomic E-state index is 12.1. The molecule has 0 atom stereocenters. The van der Waals surface area contributed by atoms with Crippen molar-refractivity contribution in [2.75, 3.05) is 0 Å². The molecule has 1 aliphatic carbocycles. The highest BCUT2D eigenvalue weighted by molar-refractivity contribution is 6.06. The van der Waals surface area contributed by atoms with E-state index >= 15 is 0 Å². The number of benzene rings is 1. The Bertz CT molecular complexity index is 779. The topological polar surface area (TPSA) is 81.3 Å². The first-order valence-electron chi connectivity index (χ1n) is 6.08. The van der Waals surface area contributed by atoms with Crippen molar-refractivity contribution in [3.8, 4) is 0 Å². The Balaban J connectivity index is 1.97. The summed E-state index contributed by atoms with van der Waals surface area (Å²) >= 11 is 0. The van der Waals surface area contributed by atoms with Gasteiger partial charge in [0.15, 0.2) is 5.58 Å². The van der Waals surface area contributed by atoms with Gasteiger partial charge in [-0.05, 0) is 25.0 Å². The highest BCUT2D eigenvalue weighted by Crippen LogP contribution is 2.47. The minimum Gasteiger partial charge on any atom is -0.408 e. The van der Waals surface area contributed by atoms with Crippen molar-refractivity contribution in [3.63, 3.8) is 0 Å². The summed E-state index contributed by atoms with van der Waals surface area (Å²) in [5.74, 6) is -1.39. The van der Waals surface area contributed by atoms with E-state index in [1.165, 1.54) is 4.57 Å². The Morgan fingerprint density at radius 3 is 2.68 bits per heavy atom. The number of aromatic nitrogens is 1. The van der Waals surface area contributed by atoms with Gasteiger partial charge in [0.2, 0.25) is 5.91 Å². The molecule has 1 aromatic carbocycles. The van der Waals surface area contributed by atoms with E-state index in [1.54, 1.807) is 24.3 Å². The summed E-state index contributed by atoms with van der Waals surface area (Å²) in [6, 6.07) is 6.98. The number of piperidine rings is 2. The van der Waals surface area contributed by atoms with Crippen molar-refractivity contribution >= 4 is 22.9 Å². The molecule has 96 valence electrons. The molecule has 2 saturated heterocycles. The number of fused-ring (bicyclic) bond motifs is 3. The molecule has 1 saturated carbocycles. The Labute approximate surface area is 107 Å². The van der Waals surface area contributed by atoms with Crippen LogP contribution in [-0.2, 0) is 15.1 Å². The van der Waals surface area contributed by atoms with Crippen LogP contribution in [0.4, 0.5) is 0 Å². The Hall–Kier alpha value is -2.37. The first kappa shape index (κ1) is 10.5. The van der Waals surface area contributed by atoms with Gasteiger partial charge >= 0.3 is 5.76 Å². The van der Waals surface area contributed by atoms with Gasteiger partial charge in [0.25, 0.3) is 5.91 Å². The second kappa shape index (κ2) is 3.14. The number of nitrogens with one attached hydrogen (secondary N) is 1. The lowest BCUT2D eigenvalue weighted by Crippen LogP contribution is -2.68. The van der Waals surface area contributed by atoms with Crippen LogP contribution in [0.25, 0.3) is 11.1 Å². The van der Waals surface area contributed by atoms with Crippen LogP contribution in [0.2, 0.25) is 0 Å². The molecule has 5 rings (SSSR count). The molecule has 1 aromatic heterocycles. The van der Waals surface area contributed by atoms with Crippen molar-refractivity contribution < 1.29 is 14.0 Å². The third-order valence-corrected chi connectivity index (χ3v) is 4.11. The van der Waals surface area contributed by atoms with Crippen LogP contribution in [0.1, 0.15) is 12.8 Å². The Kier molecular flexibility index (Phi) is 1.74. The molecular formula is C13H10N2O4. The largest absolute Gasteiger partial charge is 0.420 e. The van der Waals surface area contributed by atoms with Crippen LogP contribution < -0.4 is 11.1 Å². The third-order valence-electron chi connectivity index (χ3n) is 4.11. The smallest absolute Gasteiger partial charge is 0.408 e. The van der Waals surface area contributed by atoms with E-state index < -0.39 is 17.2 Å². The van der Waals surface area contributed by atoms with Gasteiger partial charge in [0.05, 0.1) is 5.52 Å². The summed E-state index contributed by atoms with van der Waals surface area (Å²) in [4.78, 5) is 35.6. The molecule has 6 heteroatoms. The molecular weight excluding hydrogens is 248 g/mol. The standard InChI is InChI=1S/C13H10N2O4/c16-10-7-5-13(6-7,11(17)14-10)15-8-3-1-2-4-9(8)19-12(15)18/h1-4,7H,5-6H2,(H,14,16,17). The first-order valence-corrected chi connectivity index (χ1v) is 6.08. The quantitative estimate of drug-likeness (QED) is 0.749. The lowest BCUT2D eigenvalue weighted by Gasteiger charge is -2.49. The molecule has 3 heterocycles. The van der Waals surface area contributed by atoms with Crippen LogP contribution in [-0.4, -0.2) is 16.4 Å². The van der Waals surface area contributed by atoms with Crippen molar-refractivity contribution in [2.24, 2.45) is 5.92 Å². The lowest BCUT2D eigenvalue weighted by molar-refractivity contribution is -0.156. The van der Waals surface area contributed by atoms with Crippen LogP contribution in [0.15, 0.2) is 33.5 Å². The van der Waals surface area contributed by atoms with E-state index in [4.69, 9.17) is 4.42 Å². The number of hydrogen-bond donors (Lipinski definition) is 1. The minimum atomic E-state index is -0.956. The highest BCUT2D eigenvalue weighted by Gasteiger charge is 2.60. The molecule has 3 aliphatic rings. The number of carbonyl (C=O) groups is 2. The average Bonchev–Trinajstić information content (AvgIpc) is 2.64. The van der Waals surface area contributed by atoms with Gasteiger partial charge in [-0.15, -0.1) is 0 Å². The van der Waals surface area contributed by atoms with Gasteiger partial charge < -0.3 is 4.42 Å². The number of oxazole rings is 1. The van der Waals surface area contributed by atoms with Crippen molar-refractivity contribution in [1.29, 1.82) is 0 Å². The summed E-state index contributed by atoms with van der Waals surface area (Å²) in [5, 5.41) is 2.32. The van der Waals surface area contributed by atoms with Gasteiger partial charge in [-0.25, -0.2) is 4.79 Å². The normalized spacial score (nSPS) is 29.2. The summed E-state index contributed by atoms with van der Waals surface area (Å²) in [5.41, 5.74) is 0.0906. The highest BCUT2D eigenvalue weighted by atomic mass is 16.4. The van der Waals surface area contributed by atoms with Gasteiger partial charge in [-0.2, -0.15) is 0 Å². The molecule has 2 amide bonds. The van der Waals surface area contributed by atoms with E-state index in [-0.39, 0.29) is 11.8 Å². The van der Waals surface area contributed by atoms with Gasteiger partial charge in [0.1, 0.15) is 5.54 Å². The zero-order valence-corrected chi connectivity index (χ0v) is 9.88. The van der Waals surface area contributed by atoms with Gasteiger partial charge in [-0.3, -0.25) is 19.5 Å². The maximum Gasteiger partial charge on any atom is 0.420 e. The Morgan fingerprint density at radius 1 is 1.21 bits per heavy atom. The van der Waals surface area contributed by atoms with Crippen LogP contribution in [0, 0.1) is 5.92 Å². The maximum absolute atomic E-state index is 12.1. The lowest BCUT2D eigenvalue weighted by atomic mass is 9.64. The molecule has 19 heavy (non-hydrogen) atoms. The van der Waals surface area contributed by atoms with Crippen molar-refractivity contribution in [1.82, 2.24) is 9.88 Å². The van der Waals surface area contributed by atoms with E-state index in [0.29, 0.717) is 23.9 Å². The zero-order valence-electron chi connectivity index (χ0n) is 9.88. The molecule has 0 spiro atoms. The van der Waals surface area contributed by atoms with Crippen LogP contribution in [0.5, 0.6) is 0 Å². The van der Waals surface area contributed by atoms with Crippen LogP contribution >= 0.6 is 0 Å². The molecule has 2 aromatic rings. The van der Waals surface area contributed by atoms with Gasteiger partial charge in [-0.1, -0.05) is 12.1 Å². The number of imide groups is 1. The Morgan fingerprint density at radius 2 is 1.95 bits per heavy atom. The first-order chi connectivity index (χ1) is 9.12. The number of amides is 2. The summed E-state index contributed by atoms with van der Waals surface area (Å²) in [6.45, 7) is 0.